The minimum Gasteiger partial charge on any atom is -0.467 e. The summed E-state index contributed by atoms with van der Waals surface area (Å²) >= 11 is 1.86. The highest BCUT2D eigenvalue weighted by atomic mass is 32.1. The number of rotatable bonds is 6. The van der Waals surface area contributed by atoms with E-state index in [2.05, 4.69) is 132 Å². The Balaban J connectivity index is 0.00000172. The predicted octanol–water partition coefficient (Wildman–Crippen LogP) is 12.1. The molecule has 1 aliphatic rings. The highest BCUT2D eigenvalue weighted by Crippen LogP contribution is 2.44. The Morgan fingerprint density at radius 2 is 1.55 bits per heavy atom. The number of allylic oxidation sites excluding steroid dienone is 5. The molecule has 5 heteroatoms. The fourth-order valence-electron chi connectivity index (χ4n) is 6.58. The van der Waals surface area contributed by atoms with Gasteiger partial charge in [-0.25, -0.2) is 4.98 Å². The van der Waals surface area contributed by atoms with Gasteiger partial charge in [0.2, 0.25) is 0 Å². The normalized spacial score (nSPS) is 14.8. The number of thiophene rings is 1. The van der Waals surface area contributed by atoms with Crippen molar-refractivity contribution in [1.29, 1.82) is 0 Å². The van der Waals surface area contributed by atoms with Crippen molar-refractivity contribution in [3.05, 3.63) is 151 Å². The van der Waals surface area contributed by atoms with Crippen LogP contribution in [0.2, 0.25) is 0 Å². The Kier molecular flexibility index (Phi) is 8.23. The number of fused-ring (bicyclic) bond motifs is 8. The molecular formula is C42H37N3OS. The van der Waals surface area contributed by atoms with Gasteiger partial charge < -0.3 is 4.74 Å². The van der Waals surface area contributed by atoms with Gasteiger partial charge in [-0.15, -0.1) is 11.3 Å². The van der Waals surface area contributed by atoms with Gasteiger partial charge in [0, 0.05) is 36.5 Å². The number of pyridine rings is 1. The monoisotopic (exact) mass is 631 g/mol. The van der Waals surface area contributed by atoms with Crippen molar-refractivity contribution < 1.29 is 4.74 Å². The van der Waals surface area contributed by atoms with Gasteiger partial charge >= 0.3 is 0 Å². The summed E-state index contributed by atoms with van der Waals surface area (Å²) in [4.78, 5) is 7.55. The van der Waals surface area contributed by atoms with Crippen LogP contribution in [0.3, 0.4) is 0 Å². The summed E-state index contributed by atoms with van der Waals surface area (Å²) < 4.78 is 11.5. The second-order valence-corrected chi connectivity index (χ2v) is 12.2. The topological polar surface area (TPSA) is 30.3 Å². The maximum atomic E-state index is 6.62. The number of ether oxygens (including phenoxy) is 1. The molecule has 4 heterocycles. The van der Waals surface area contributed by atoms with Gasteiger partial charge in [0.25, 0.3) is 0 Å². The SMILES string of the molecule is C=C/C=C(\C=C/C)OC1C=C(C)c2ccccc2N1c1cccc(-n2c3ccccc3c3c4sc5ccccc5c4ccc32)n1.CC. The molecule has 0 saturated heterocycles. The lowest BCUT2D eigenvalue weighted by molar-refractivity contribution is 0.169. The molecule has 0 radical (unpaired) electrons. The maximum Gasteiger partial charge on any atom is 0.197 e. The van der Waals surface area contributed by atoms with E-state index in [0.29, 0.717) is 0 Å². The van der Waals surface area contributed by atoms with Crippen molar-refractivity contribution in [2.75, 3.05) is 4.90 Å². The zero-order valence-corrected chi connectivity index (χ0v) is 28.0. The number of para-hydroxylation sites is 2. The molecule has 3 aromatic heterocycles. The summed E-state index contributed by atoms with van der Waals surface area (Å²) in [6.07, 6.45) is 9.33. The molecule has 4 aromatic carbocycles. The third kappa shape index (κ3) is 5.13. The van der Waals surface area contributed by atoms with Crippen LogP contribution in [0.15, 0.2) is 146 Å². The second-order valence-electron chi connectivity index (χ2n) is 11.2. The fourth-order valence-corrected chi connectivity index (χ4v) is 7.84. The number of hydrogen-bond acceptors (Lipinski definition) is 4. The highest BCUT2D eigenvalue weighted by Gasteiger charge is 2.29. The Bertz CT molecular complexity index is 2370. The van der Waals surface area contributed by atoms with Crippen LogP contribution < -0.4 is 4.90 Å². The Labute approximate surface area is 279 Å². The molecule has 1 aliphatic heterocycles. The van der Waals surface area contributed by atoms with Gasteiger partial charge in [0.1, 0.15) is 17.4 Å². The van der Waals surface area contributed by atoms with Gasteiger partial charge in [-0.2, -0.15) is 0 Å². The van der Waals surface area contributed by atoms with Crippen LogP contribution in [-0.4, -0.2) is 15.8 Å². The van der Waals surface area contributed by atoms with Crippen molar-refractivity contribution in [2.45, 2.75) is 33.9 Å². The zero-order chi connectivity index (χ0) is 32.5. The molecule has 1 atom stereocenters. The van der Waals surface area contributed by atoms with Crippen LogP contribution in [0.5, 0.6) is 0 Å². The first-order valence-electron chi connectivity index (χ1n) is 16.2. The molecule has 4 nitrogen and oxygen atoms in total. The Hall–Kier alpha value is -5.39. The van der Waals surface area contributed by atoms with Crippen LogP contribution in [0.4, 0.5) is 11.5 Å². The quantitative estimate of drug-likeness (QED) is 0.135. The summed E-state index contributed by atoms with van der Waals surface area (Å²) in [5.74, 6) is 2.40. The smallest absolute Gasteiger partial charge is 0.197 e. The van der Waals surface area contributed by atoms with Gasteiger partial charge in [0.15, 0.2) is 6.23 Å². The first kappa shape index (κ1) is 30.3. The van der Waals surface area contributed by atoms with Crippen molar-refractivity contribution in [3.8, 4) is 5.82 Å². The third-order valence-electron chi connectivity index (χ3n) is 8.48. The summed E-state index contributed by atoms with van der Waals surface area (Å²) in [5, 5.41) is 5.09. The molecule has 1 unspecified atom stereocenters. The predicted molar refractivity (Wildman–Crippen MR) is 203 cm³/mol. The van der Waals surface area contributed by atoms with Crippen molar-refractivity contribution >= 4 is 70.4 Å². The van der Waals surface area contributed by atoms with Crippen LogP contribution in [0.1, 0.15) is 33.3 Å². The summed E-state index contributed by atoms with van der Waals surface area (Å²) in [5.41, 5.74) is 5.66. The average Bonchev–Trinajstić information content (AvgIpc) is 3.65. The molecule has 0 N–H and O–H groups in total. The van der Waals surface area contributed by atoms with Crippen LogP contribution in [0, 0.1) is 0 Å². The van der Waals surface area contributed by atoms with Gasteiger partial charge in [-0.3, -0.25) is 9.47 Å². The first-order valence-corrected chi connectivity index (χ1v) is 17.0. The number of anilines is 2. The van der Waals surface area contributed by atoms with Gasteiger partial charge in [-0.05, 0) is 74.0 Å². The van der Waals surface area contributed by atoms with Crippen molar-refractivity contribution in [2.24, 2.45) is 0 Å². The number of nitrogens with zero attached hydrogens (tertiary/aromatic N) is 3. The molecule has 0 amide bonds. The Morgan fingerprint density at radius 3 is 2.38 bits per heavy atom. The van der Waals surface area contributed by atoms with Gasteiger partial charge in [0.05, 0.1) is 16.7 Å². The minimum absolute atomic E-state index is 0.402. The summed E-state index contributed by atoms with van der Waals surface area (Å²) in [6.45, 7) is 12.0. The second kappa shape index (κ2) is 12.8. The minimum atomic E-state index is -0.402. The van der Waals surface area contributed by atoms with E-state index in [1.165, 1.54) is 30.9 Å². The molecule has 7 aromatic rings. The molecule has 232 valence electrons. The number of hydrogen-bond donors (Lipinski definition) is 0. The Morgan fingerprint density at radius 1 is 0.809 bits per heavy atom. The molecule has 8 rings (SSSR count). The van der Waals surface area contributed by atoms with E-state index in [0.717, 1.165) is 45.3 Å². The van der Waals surface area contributed by atoms with E-state index in [9.17, 15) is 0 Å². The number of benzene rings is 4. The van der Waals surface area contributed by atoms with Crippen LogP contribution >= 0.6 is 11.3 Å². The fraction of sp³-hybridized carbons (Fsp3) is 0.119. The molecule has 0 fully saturated rings. The van der Waals surface area contributed by atoms with Crippen molar-refractivity contribution in [1.82, 2.24) is 9.55 Å². The molecule has 0 saturated carbocycles. The molecule has 0 bridgehead atoms. The molecule has 47 heavy (non-hydrogen) atoms. The summed E-state index contributed by atoms with van der Waals surface area (Å²) in [7, 11) is 0. The van der Waals surface area contributed by atoms with E-state index >= 15 is 0 Å². The lowest BCUT2D eigenvalue weighted by atomic mass is 9.99. The summed E-state index contributed by atoms with van der Waals surface area (Å²) in [6, 6.07) is 36.6. The first-order chi connectivity index (χ1) is 23.2. The maximum absolute atomic E-state index is 6.62. The van der Waals surface area contributed by atoms with E-state index in [1.807, 2.05) is 50.3 Å². The highest BCUT2D eigenvalue weighted by molar-refractivity contribution is 7.26. The van der Waals surface area contributed by atoms with Crippen LogP contribution in [0.25, 0.3) is 53.4 Å². The zero-order valence-electron chi connectivity index (χ0n) is 27.1. The van der Waals surface area contributed by atoms with Gasteiger partial charge in [-0.1, -0.05) is 99.3 Å². The molecular weight excluding hydrogens is 595 g/mol. The largest absolute Gasteiger partial charge is 0.467 e. The van der Waals surface area contributed by atoms with E-state index < -0.39 is 6.23 Å². The third-order valence-corrected chi connectivity index (χ3v) is 9.69. The lowest BCUT2D eigenvalue weighted by Crippen LogP contribution is -2.35. The molecule has 0 spiro atoms. The molecule has 0 aliphatic carbocycles. The lowest BCUT2D eigenvalue weighted by Gasteiger charge is -2.36. The standard InChI is InChI=1S/C40H31N3OS.C2H6/c1-4-13-27(14-5-2)44-38-25-26(3)28-15-6-9-18-32(28)43(38)37-22-12-21-36(41-37)42-33-19-10-7-17-31(33)39-34(42)24-23-30-29-16-8-11-20-35(29)45-40(30)39;1-2/h4-25,38H,1H2,2-3H3;1-2H3/b14-5-,27-13+;. The van der Waals surface area contributed by atoms with Crippen LogP contribution in [-0.2, 0) is 4.74 Å². The number of aromatic nitrogens is 2. The van der Waals surface area contributed by atoms with E-state index in [1.54, 1.807) is 6.08 Å². The van der Waals surface area contributed by atoms with E-state index in [4.69, 9.17) is 9.72 Å². The average molecular weight is 632 g/mol. The van der Waals surface area contributed by atoms with E-state index in [-0.39, 0.29) is 0 Å². The van der Waals surface area contributed by atoms with Crippen molar-refractivity contribution in [3.63, 3.8) is 0 Å².